The molecule has 0 saturated heterocycles. The fourth-order valence-corrected chi connectivity index (χ4v) is 1.08. The Bertz CT molecular complexity index is 78.9. The summed E-state index contributed by atoms with van der Waals surface area (Å²) in [5.41, 5.74) is 0. The Morgan fingerprint density at radius 1 is 0.909 bits per heavy atom. The first-order chi connectivity index (χ1) is 5.41. The first-order valence-corrected chi connectivity index (χ1v) is 4.56. The summed E-state index contributed by atoms with van der Waals surface area (Å²) in [4.78, 5) is 0. The molecule has 0 bridgehead atoms. The van der Waals surface area contributed by atoms with E-state index >= 15 is 0 Å². The molecule has 1 heteroatoms. The van der Waals surface area contributed by atoms with Crippen molar-refractivity contribution in [2.24, 2.45) is 0 Å². The number of aliphatic hydroxyl groups excluding tert-OH is 1. The molecule has 1 N–H and O–H groups in total. The van der Waals surface area contributed by atoms with Gasteiger partial charge in [-0.25, -0.2) is 0 Å². The molecule has 0 fully saturated rings. The quantitative estimate of drug-likeness (QED) is 0.534. The molecule has 0 aromatic carbocycles. The SMILES string of the molecule is [CH]=CCCCCCCCCO. The second-order valence-electron chi connectivity index (χ2n) is 2.87. The third-order valence-corrected chi connectivity index (χ3v) is 1.78. The molecule has 0 saturated carbocycles. The predicted octanol–water partition coefficient (Wildman–Crippen LogP) is 2.70. The molecule has 0 atom stereocenters. The second kappa shape index (κ2) is 9.70. The summed E-state index contributed by atoms with van der Waals surface area (Å²) in [6.07, 6.45) is 9.94. The van der Waals surface area contributed by atoms with E-state index in [-0.39, 0.29) is 0 Å². The molecule has 0 aliphatic rings. The first kappa shape index (κ1) is 10.7. The van der Waals surface area contributed by atoms with Gasteiger partial charge in [0.05, 0.1) is 0 Å². The third-order valence-electron chi connectivity index (χ3n) is 1.78. The van der Waals surface area contributed by atoms with Crippen molar-refractivity contribution >= 4 is 0 Å². The summed E-state index contributed by atoms with van der Waals surface area (Å²) in [5, 5.41) is 8.49. The molecule has 0 aliphatic carbocycles. The van der Waals surface area contributed by atoms with Gasteiger partial charge in [-0.15, -0.1) is 0 Å². The van der Waals surface area contributed by atoms with Crippen LogP contribution in [0.1, 0.15) is 44.9 Å². The molecule has 0 aromatic heterocycles. The molecule has 0 aromatic rings. The maximum absolute atomic E-state index is 8.49. The Morgan fingerprint density at radius 3 is 2.00 bits per heavy atom. The minimum atomic E-state index is 0.344. The fourth-order valence-electron chi connectivity index (χ4n) is 1.08. The van der Waals surface area contributed by atoms with Crippen LogP contribution in [0, 0.1) is 6.58 Å². The molecule has 0 spiro atoms. The number of hydrogen-bond donors (Lipinski definition) is 1. The van der Waals surface area contributed by atoms with Crippen LogP contribution in [0.3, 0.4) is 0 Å². The molecule has 0 unspecified atom stereocenters. The van der Waals surface area contributed by atoms with Crippen LogP contribution in [0.25, 0.3) is 0 Å². The lowest BCUT2D eigenvalue weighted by Crippen LogP contribution is -1.83. The standard InChI is InChI=1S/C10H19O/c1-2-3-4-5-6-7-8-9-10-11/h1-2,11H,3-10H2. The highest BCUT2D eigenvalue weighted by atomic mass is 16.2. The van der Waals surface area contributed by atoms with E-state index in [2.05, 4.69) is 0 Å². The van der Waals surface area contributed by atoms with Crippen LogP contribution in [0.4, 0.5) is 0 Å². The summed E-state index contributed by atoms with van der Waals surface area (Å²) in [7, 11) is 0. The van der Waals surface area contributed by atoms with Crippen LogP contribution in [-0.2, 0) is 0 Å². The van der Waals surface area contributed by atoms with Crippen LogP contribution in [0.2, 0.25) is 0 Å². The van der Waals surface area contributed by atoms with Crippen molar-refractivity contribution in [3.8, 4) is 0 Å². The maximum Gasteiger partial charge on any atom is 0.0431 e. The Morgan fingerprint density at radius 2 is 1.45 bits per heavy atom. The average Bonchev–Trinajstić information content (AvgIpc) is 2.03. The topological polar surface area (TPSA) is 20.2 Å². The van der Waals surface area contributed by atoms with Gasteiger partial charge >= 0.3 is 0 Å². The molecule has 1 radical (unpaired) electrons. The van der Waals surface area contributed by atoms with Crippen LogP contribution >= 0.6 is 0 Å². The predicted molar refractivity (Wildman–Crippen MR) is 48.3 cm³/mol. The van der Waals surface area contributed by atoms with Crippen molar-refractivity contribution in [3.05, 3.63) is 12.7 Å². The van der Waals surface area contributed by atoms with Gasteiger partial charge in [0.1, 0.15) is 0 Å². The van der Waals surface area contributed by atoms with Crippen LogP contribution in [-0.4, -0.2) is 11.7 Å². The zero-order valence-corrected chi connectivity index (χ0v) is 7.26. The highest BCUT2D eigenvalue weighted by molar-refractivity contribution is 4.61. The number of rotatable bonds is 8. The van der Waals surface area contributed by atoms with E-state index in [4.69, 9.17) is 11.7 Å². The number of allylic oxidation sites excluding steroid dienone is 1. The second-order valence-corrected chi connectivity index (χ2v) is 2.87. The number of hydrogen-bond acceptors (Lipinski definition) is 1. The van der Waals surface area contributed by atoms with Gasteiger partial charge in [-0.3, -0.25) is 0 Å². The van der Waals surface area contributed by atoms with Crippen molar-refractivity contribution in [1.82, 2.24) is 0 Å². The van der Waals surface area contributed by atoms with E-state index in [1.54, 1.807) is 6.08 Å². The van der Waals surface area contributed by atoms with Crippen molar-refractivity contribution in [1.29, 1.82) is 0 Å². The summed E-state index contributed by atoms with van der Waals surface area (Å²) >= 11 is 0. The van der Waals surface area contributed by atoms with Crippen molar-refractivity contribution in [3.63, 3.8) is 0 Å². The van der Waals surface area contributed by atoms with E-state index < -0.39 is 0 Å². The van der Waals surface area contributed by atoms with Crippen molar-refractivity contribution < 1.29 is 5.11 Å². The van der Waals surface area contributed by atoms with Crippen molar-refractivity contribution in [2.75, 3.05) is 6.61 Å². The fraction of sp³-hybridized carbons (Fsp3) is 0.800. The summed E-state index contributed by atoms with van der Waals surface area (Å²) in [6, 6.07) is 0. The molecule has 0 heterocycles. The van der Waals surface area contributed by atoms with Gasteiger partial charge < -0.3 is 5.11 Å². The number of unbranched alkanes of at least 4 members (excludes halogenated alkanes) is 6. The van der Waals surface area contributed by atoms with E-state index in [0.717, 1.165) is 12.8 Å². The van der Waals surface area contributed by atoms with Crippen molar-refractivity contribution in [2.45, 2.75) is 44.9 Å². The van der Waals surface area contributed by atoms with Gasteiger partial charge in [0.25, 0.3) is 0 Å². The summed E-state index contributed by atoms with van der Waals surface area (Å²) in [5.74, 6) is 0. The lowest BCUT2D eigenvalue weighted by molar-refractivity contribution is 0.282. The lowest BCUT2D eigenvalue weighted by Gasteiger charge is -1.97. The monoisotopic (exact) mass is 155 g/mol. The van der Waals surface area contributed by atoms with Gasteiger partial charge in [0, 0.05) is 6.61 Å². The zero-order chi connectivity index (χ0) is 8.36. The third kappa shape index (κ3) is 9.70. The Hall–Kier alpha value is -0.300. The molecular weight excluding hydrogens is 136 g/mol. The lowest BCUT2D eigenvalue weighted by atomic mass is 10.1. The molecular formula is C10H19O. The largest absolute Gasteiger partial charge is 0.396 e. The summed E-state index contributed by atoms with van der Waals surface area (Å²) in [6.45, 7) is 5.58. The smallest absolute Gasteiger partial charge is 0.0431 e. The van der Waals surface area contributed by atoms with Gasteiger partial charge in [0.2, 0.25) is 0 Å². The van der Waals surface area contributed by atoms with Gasteiger partial charge in [-0.1, -0.05) is 38.3 Å². The Labute approximate surface area is 70.1 Å². The maximum atomic E-state index is 8.49. The molecule has 0 amide bonds. The van der Waals surface area contributed by atoms with E-state index in [9.17, 15) is 0 Å². The molecule has 0 rings (SSSR count). The molecule has 11 heavy (non-hydrogen) atoms. The first-order valence-electron chi connectivity index (χ1n) is 4.56. The van der Waals surface area contributed by atoms with Gasteiger partial charge in [0.15, 0.2) is 0 Å². The van der Waals surface area contributed by atoms with E-state index in [1.807, 2.05) is 0 Å². The highest BCUT2D eigenvalue weighted by Crippen LogP contribution is 2.06. The molecule has 1 nitrogen and oxygen atoms in total. The van der Waals surface area contributed by atoms with Crippen LogP contribution in [0.5, 0.6) is 0 Å². The highest BCUT2D eigenvalue weighted by Gasteiger charge is 1.88. The zero-order valence-electron chi connectivity index (χ0n) is 7.26. The Kier molecular flexibility index (Phi) is 9.44. The van der Waals surface area contributed by atoms with Gasteiger partial charge in [-0.05, 0) is 19.3 Å². The average molecular weight is 155 g/mol. The van der Waals surface area contributed by atoms with Gasteiger partial charge in [-0.2, -0.15) is 0 Å². The minimum absolute atomic E-state index is 0.344. The Balaban J connectivity index is 2.74. The van der Waals surface area contributed by atoms with E-state index in [1.165, 1.54) is 32.1 Å². The normalized spacial score (nSPS) is 9.91. The van der Waals surface area contributed by atoms with Crippen LogP contribution < -0.4 is 0 Å². The molecule has 0 aliphatic heterocycles. The number of aliphatic hydroxyl groups is 1. The summed E-state index contributed by atoms with van der Waals surface area (Å²) < 4.78 is 0. The molecule has 65 valence electrons. The van der Waals surface area contributed by atoms with Crippen LogP contribution in [0.15, 0.2) is 6.08 Å². The van der Waals surface area contributed by atoms with E-state index in [0.29, 0.717) is 6.61 Å². The minimum Gasteiger partial charge on any atom is -0.396 e.